The molecule has 1 aliphatic rings. The zero-order valence-corrected chi connectivity index (χ0v) is 13.4. The fourth-order valence-electron chi connectivity index (χ4n) is 3.64. The van der Waals surface area contributed by atoms with Crippen LogP contribution in [-0.4, -0.2) is 48.5 Å². The second kappa shape index (κ2) is 6.59. The van der Waals surface area contributed by atoms with E-state index in [2.05, 4.69) is 29.2 Å². The van der Waals surface area contributed by atoms with Crippen molar-refractivity contribution < 1.29 is 4.74 Å². The highest BCUT2D eigenvalue weighted by molar-refractivity contribution is 5.35. The van der Waals surface area contributed by atoms with Gasteiger partial charge in [0.2, 0.25) is 5.88 Å². The van der Waals surface area contributed by atoms with Crippen molar-refractivity contribution in [2.45, 2.75) is 32.7 Å². The predicted molar refractivity (Wildman–Crippen MR) is 81.1 cm³/mol. The lowest BCUT2D eigenvalue weighted by atomic mass is 9.84. The van der Waals surface area contributed by atoms with Crippen LogP contribution in [0, 0.1) is 12.8 Å². The molecule has 1 aromatic heterocycles. The van der Waals surface area contributed by atoms with Crippen LogP contribution in [0.2, 0.25) is 0 Å². The normalized spacial score (nSPS) is 24.1. The van der Waals surface area contributed by atoms with Gasteiger partial charge in [0.15, 0.2) is 0 Å². The SMILES string of the molecule is CCN1CCCC(CNC)C1c1c(C)nn(C)c1OC. The summed E-state index contributed by atoms with van der Waals surface area (Å²) in [6.07, 6.45) is 2.54. The van der Waals surface area contributed by atoms with Crippen LogP contribution in [0.3, 0.4) is 0 Å². The van der Waals surface area contributed by atoms with E-state index in [9.17, 15) is 0 Å². The van der Waals surface area contributed by atoms with E-state index in [4.69, 9.17) is 4.74 Å². The van der Waals surface area contributed by atoms with Crippen LogP contribution in [0.4, 0.5) is 0 Å². The Morgan fingerprint density at radius 2 is 2.20 bits per heavy atom. The smallest absolute Gasteiger partial charge is 0.216 e. The molecule has 2 atom stereocenters. The van der Waals surface area contributed by atoms with Gasteiger partial charge in [-0.2, -0.15) is 5.10 Å². The van der Waals surface area contributed by atoms with Gasteiger partial charge in [0.25, 0.3) is 0 Å². The molecule has 20 heavy (non-hydrogen) atoms. The monoisotopic (exact) mass is 280 g/mol. The first-order chi connectivity index (χ1) is 9.63. The van der Waals surface area contributed by atoms with Crippen molar-refractivity contribution >= 4 is 0 Å². The minimum absolute atomic E-state index is 0.407. The molecular formula is C15H28N4O. The number of piperidine rings is 1. The molecule has 0 spiro atoms. The van der Waals surface area contributed by atoms with Gasteiger partial charge in [-0.3, -0.25) is 4.90 Å². The van der Waals surface area contributed by atoms with Crippen molar-refractivity contribution in [3.8, 4) is 5.88 Å². The number of hydrogen-bond acceptors (Lipinski definition) is 4. The van der Waals surface area contributed by atoms with E-state index in [1.165, 1.54) is 24.9 Å². The largest absolute Gasteiger partial charge is 0.481 e. The van der Waals surface area contributed by atoms with Crippen molar-refractivity contribution in [3.05, 3.63) is 11.3 Å². The Kier molecular flexibility index (Phi) is 5.05. The molecule has 2 unspecified atom stereocenters. The highest BCUT2D eigenvalue weighted by Crippen LogP contribution is 2.41. The number of methoxy groups -OCH3 is 1. The third-order valence-corrected chi connectivity index (χ3v) is 4.44. The van der Waals surface area contributed by atoms with Crippen LogP contribution < -0.4 is 10.1 Å². The summed E-state index contributed by atoms with van der Waals surface area (Å²) in [5, 5.41) is 7.92. The van der Waals surface area contributed by atoms with Gasteiger partial charge < -0.3 is 10.1 Å². The minimum Gasteiger partial charge on any atom is -0.481 e. The summed E-state index contributed by atoms with van der Waals surface area (Å²) in [5.74, 6) is 1.53. The fourth-order valence-corrected chi connectivity index (χ4v) is 3.64. The second-order valence-corrected chi connectivity index (χ2v) is 5.67. The van der Waals surface area contributed by atoms with Crippen molar-refractivity contribution in [1.29, 1.82) is 0 Å². The molecule has 1 saturated heterocycles. The van der Waals surface area contributed by atoms with Gasteiger partial charge in [-0.25, -0.2) is 4.68 Å². The first-order valence-corrected chi connectivity index (χ1v) is 7.60. The summed E-state index contributed by atoms with van der Waals surface area (Å²) in [6.45, 7) is 7.61. The fraction of sp³-hybridized carbons (Fsp3) is 0.800. The maximum Gasteiger partial charge on any atom is 0.216 e. The highest BCUT2D eigenvalue weighted by Gasteiger charge is 2.36. The highest BCUT2D eigenvalue weighted by atomic mass is 16.5. The molecule has 1 aliphatic heterocycles. The molecule has 1 aromatic rings. The summed E-state index contributed by atoms with van der Waals surface area (Å²) in [4.78, 5) is 2.57. The summed E-state index contributed by atoms with van der Waals surface area (Å²) in [6, 6.07) is 0.407. The minimum atomic E-state index is 0.407. The van der Waals surface area contributed by atoms with Crippen molar-refractivity contribution in [2.75, 3.05) is 33.8 Å². The standard InChI is InChI=1S/C15H28N4O/c1-6-19-9-7-8-12(10-16-3)14(19)13-11(2)17-18(4)15(13)20-5/h12,14,16H,6-10H2,1-5H3. The van der Waals surface area contributed by atoms with Crippen LogP contribution in [0.5, 0.6) is 5.88 Å². The van der Waals surface area contributed by atoms with Gasteiger partial charge in [0.05, 0.1) is 18.4 Å². The number of aromatic nitrogens is 2. The molecule has 0 saturated carbocycles. The first kappa shape index (κ1) is 15.3. The van der Waals surface area contributed by atoms with Crippen molar-refractivity contribution in [2.24, 2.45) is 13.0 Å². The Morgan fingerprint density at radius 1 is 1.45 bits per heavy atom. The van der Waals surface area contributed by atoms with E-state index in [1.807, 2.05) is 18.8 Å². The van der Waals surface area contributed by atoms with Crippen LogP contribution in [0.15, 0.2) is 0 Å². The Morgan fingerprint density at radius 3 is 2.80 bits per heavy atom. The van der Waals surface area contributed by atoms with E-state index in [0.29, 0.717) is 12.0 Å². The molecule has 0 aliphatic carbocycles. The summed E-state index contributed by atoms with van der Waals surface area (Å²) in [7, 11) is 5.74. The summed E-state index contributed by atoms with van der Waals surface area (Å²) >= 11 is 0. The molecule has 1 fully saturated rings. The molecule has 0 aromatic carbocycles. The van der Waals surface area contributed by atoms with E-state index in [-0.39, 0.29) is 0 Å². The van der Waals surface area contributed by atoms with E-state index >= 15 is 0 Å². The Labute approximate surface area is 122 Å². The average Bonchev–Trinajstić information content (AvgIpc) is 2.72. The third-order valence-electron chi connectivity index (χ3n) is 4.44. The lowest BCUT2D eigenvalue weighted by Crippen LogP contribution is -2.42. The number of hydrogen-bond donors (Lipinski definition) is 1. The zero-order chi connectivity index (χ0) is 14.7. The third kappa shape index (κ3) is 2.69. The van der Waals surface area contributed by atoms with Crippen LogP contribution in [-0.2, 0) is 7.05 Å². The van der Waals surface area contributed by atoms with Crippen molar-refractivity contribution in [1.82, 2.24) is 20.0 Å². The Balaban J connectivity index is 2.43. The van der Waals surface area contributed by atoms with E-state index in [1.54, 1.807) is 7.11 Å². The average molecular weight is 280 g/mol. The number of nitrogens with one attached hydrogen (secondary N) is 1. The van der Waals surface area contributed by atoms with Gasteiger partial charge in [0, 0.05) is 13.1 Å². The number of likely N-dealkylation sites (tertiary alicyclic amines) is 1. The molecule has 0 amide bonds. The van der Waals surface area contributed by atoms with Crippen LogP contribution in [0.1, 0.15) is 37.1 Å². The van der Waals surface area contributed by atoms with Gasteiger partial charge in [-0.15, -0.1) is 0 Å². The van der Waals surface area contributed by atoms with E-state index < -0.39 is 0 Å². The maximum absolute atomic E-state index is 5.62. The maximum atomic E-state index is 5.62. The molecule has 114 valence electrons. The molecule has 0 radical (unpaired) electrons. The quantitative estimate of drug-likeness (QED) is 0.892. The molecule has 5 heteroatoms. The van der Waals surface area contributed by atoms with Gasteiger partial charge in [0.1, 0.15) is 0 Å². The lowest BCUT2D eigenvalue weighted by Gasteiger charge is -2.41. The second-order valence-electron chi connectivity index (χ2n) is 5.67. The van der Waals surface area contributed by atoms with Gasteiger partial charge >= 0.3 is 0 Å². The number of nitrogens with zero attached hydrogens (tertiary/aromatic N) is 3. The molecule has 5 nitrogen and oxygen atoms in total. The summed E-state index contributed by atoms with van der Waals surface area (Å²) in [5.41, 5.74) is 2.37. The summed E-state index contributed by atoms with van der Waals surface area (Å²) < 4.78 is 7.49. The Bertz CT molecular complexity index is 441. The number of aryl methyl sites for hydroxylation is 2. The lowest BCUT2D eigenvalue weighted by molar-refractivity contribution is 0.0954. The number of ether oxygens (including phenoxy) is 1. The van der Waals surface area contributed by atoms with Crippen LogP contribution in [0.25, 0.3) is 0 Å². The molecule has 0 bridgehead atoms. The molecular weight excluding hydrogens is 252 g/mol. The number of rotatable bonds is 5. The first-order valence-electron chi connectivity index (χ1n) is 7.60. The predicted octanol–water partition coefficient (Wildman–Crippen LogP) is 1.73. The van der Waals surface area contributed by atoms with Gasteiger partial charge in [-0.05, 0) is 52.4 Å². The Hall–Kier alpha value is -1.07. The topological polar surface area (TPSA) is 42.3 Å². The molecule has 2 rings (SSSR count). The van der Waals surface area contributed by atoms with E-state index in [0.717, 1.165) is 24.7 Å². The molecule has 2 heterocycles. The van der Waals surface area contributed by atoms with Crippen molar-refractivity contribution in [3.63, 3.8) is 0 Å². The zero-order valence-electron chi connectivity index (χ0n) is 13.4. The molecule has 1 N–H and O–H groups in total. The van der Waals surface area contributed by atoms with Gasteiger partial charge in [-0.1, -0.05) is 6.92 Å². The van der Waals surface area contributed by atoms with Crippen LogP contribution >= 0.6 is 0 Å².